The van der Waals surface area contributed by atoms with Crippen molar-refractivity contribution in [2.75, 3.05) is 19.6 Å². The Hall–Kier alpha value is -1.81. The number of hydrogen-bond donors (Lipinski definition) is 0. The Kier molecular flexibility index (Phi) is 7.17. The lowest BCUT2D eigenvalue weighted by Crippen LogP contribution is -3.00. The van der Waals surface area contributed by atoms with Crippen molar-refractivity contribution in [1.82, 2.24) is 10.1 Å². The summed E-state index contributed by atoms with van der Waals surface area (Å²) in [5, 5.41) is 5.17. The Bertz CT molecular complexity index is 869. The molecule has 0 saturated carbocycles. The van der Waals surface area contributed by atoms with Crippen LogP contribution in [0.25, 0.3) is 11.3 Å². The van der Waals surface area contributed by atoms with Gasteiger partial charge in [0, 0.05) is 28.6 Å². The largest absolute Gasteiger partial charge is 1.00 e. The van der Waals surface area contributed by atoms with E-state index in [1.54, 1.807) is 0 Å². The fourth-order valence-electron chi connectivity index (χ4n) is 3.96. The Balaban J connectivity index is 0.00000225. The van der Waals surface area contributed by atoms with Crippen molar-refractivity contribution < 1.29 is 16.9 Å². The van der Waals surface area contributed by atoms with Crippen LogP contribution in [0.3, 0.4) is 0 Å². The first kappa shape index (κ1) is 20.9. The third-order valence-corrected chi connectivity index (χ3v) is 5.85. The number of benzene rings is 2. The second kappa shape index (κ2) is 9.60. The van der Waals surface area contributed by atoms with Crippen LogP contribution in [0.5, 0.6) is 0 Å². The SMILES string of the molecule is Cc1c(C2CCN(CCc3ccccc3)CC2)noc1-c1ccc(Cl)cc1.[Cl-]. The van der Waals surface area contributed by atoms with Crippen LogP contribution in [0.4, 0.5) is 0 Å². The van der Waals surface area contributed by atoms with E-state index in [1.165, 1.54) is 11.1 Å². The molecule has 1 fully saturated rings. The van der Waals surface area contributed by atoms with Crippen LogP contribution < -0.4 is 12.4 Å². The quantitative estimate of drug-likeness (QED) is 0.641. The molecule has 3 aromatic rings. The maximum Gasteiger partial charge on any atom is 0.170 e. The molecule has 1 aromatic heterocycles. The average Bonchev–Trinajstić information content (AvgIpc) is 3.09. The van der Waals surface area contributed by atoms with Gasteiger partial charge in [-0.2, -0.15) is 0 Å². The third-order valence-electron chi connectivity index (χ3n) is 5.60. The zero-order chi connectivity index (χ0) is 18.6. The molecule has 0 unspecified atom stereocenters. The number of nitrogens with zero attached hydrogens (tertiary/aromatic N) is 2. The summed E-state index contributed by atoms with van der Waals surface area (Å²) in [6, 6.07) is 18.5. The summed E-state index contributed by atoms with van der Waals surface area (Å²) in [7, 11) is 0. The Morgan fingerprint density at radius 1 is 1.04 bits per heavy atom. The van der Waals surface area contributed by atoms with E-state index in [1.807, 2.05) is 24.3 Å². The number of piperidine rings is 1. The Labute approximate surface area is 178 Å². The van der Waals surface area contributed by atoms with Crippen molar-refractivity contribution in [3.63, 3.8) is 0 Å². The van der Waals surface area contributed by atoms with E-state index in [0.717, 1.165) is 60.9 Å². The molecule has 148 valence electrons. The summed E-state index contributed by atoms with van der Waals surface area (Å²) in [6.45, 7) is 5.50. The minimum atomic E-state index is 0. The lowest BCUT2D eigenvalue weighted by atomic mass is 9.90. The summed E-state index contributed by atoms with van der Waals surface area (Å²) >= 11 is 5.99. The summed E-state index contributed by atoms with van der Waals surface area (Å²) in [5.74, 6) is 1.36. The minimum Gasteiger partial charge on any atom is -1.00 e. The van der Waals surface area contributed by atoms with Crippen molar-refractivity contribution in [3.05, 3.63) is 76.4 Å². The highest BCUT2D eigenvalue weighted by atomic mass is 35.5. The minimum absolute atomic E-state index is 0. The molecule has 1 aliphatic heterocycles. The first-order valence-corrected chi connectivity index (χ1v) is 10.1. The monoisotopic (exact) mass is 415 g/mol. The molecule has 0 aliphatic carbocycles. The maximum absolute atomic E-state index is 5.99. The van der Waals surface area contributed by atoms with Gasteiger partial charge in [0.2, 0.25) is 0 Å². The molecular formula is C23H25Cl2N2O-. The fraction of sp³-hybridized carbons (Fsp3) is 0.348. The first-order valence-electron chi connectivity index (χ1n) is 9.69. The second-order valence-electron chi connectivity index (χ2n) is 7.38. The van der Waals surface area contributed by atoms with Gasteiger partial charge in [0.05, 0.1) is 5.69 Å². The van der Waals surface area contributed by atoms with E-state index in [4.69, 9.17) is 16.1 Å². The van der Waals surface area contributed by atoms with Gasteiger partial charge in [0.1, 0.15) is 0 Å². The summed E-state index contributed by atoms with van der Waals surface area (Å²) < 4.78 is 5.70. The van der Waals surface area contributed by atoms with Crippen LogP contribution in [-0.4, -0.2) is 29.7 Å². The smallest absolute Gasteiger partial charge is 0.170 e. The number of likely N-dealkylation sites (tertiary alicyclic amines) is 1. The van der Waals surface area contributed by atoms with Gasteiger partial charge in [0.25, 0.3) is 0 Å². The molecule has 2 heterocycles. The molecule has 5 heteroatoms. The average molecular weight is 416 g/mol. The van der Waals surface area contributed by atoms with Crippen molar-refractivity contribution in [2.24, 2.45) is 0 Å². The molecule has 0 amide bonds. The van der Waals surface area contributed by atoms with Crippen LogP contribution in [0.2, 0.25) is 5.02 Å². The van der Waals surface area contributed by atoms with Gasteiger partial charge in [-0.05, 0) is 69.1 Å². The molecule has 28 heavy (non-hydrogen) atoms. The van der Waals surface area contributed by atoms with Crippen molar-refractivity contribution in [3.8, 4) is 11.3 Å². The topological polar surface area (TPSA) is 29.3 Å². The van der Waals surface area contributed by atoms with Gasteiger partial charge in [0.15, 0.2) is 5.76 Å². The van der Waals surface area contributed by atoms with E-state index in [2.05, 4.69) is 47.3 Å². The Morgan fingerprint density at radius 3 is 2.39 bits per heavy atom. The van der Waals surface area contributed by atoms with Crippen LogP contribution in [0.1, 0.15) is 35.6 Å². The third kappa shape index (κ3) is 4.78. The standard InChI is InChI=1S/C23H25ClN2O.ClH/c1-17-22(25-27-23(17)20-7-9-21(24)10-8-20)19-12-15-26(16-13-19)14-11-18-5-3-2-4-6-18;/h2-10,19H,11-16H2,1H3;1H/p-1. The van der Waals surface area contributed by atoms with Gasteiger partial charge >= 0.3 is 0 Å². The van der Waals surface area contributed by atoms with Crippen LogP contribution in [0, 0.1) is 6.92 Å². The van der Waals surface area contributed by atoms with E-state index >= 15 is 0 Å². The lowest BCUT2D eigenvalue weighted by Gasteiger charge is -2.31. The van der Waals surface area contributed by atoms with Crippen LogP contribution in [-0.2, 0) is 6.42 Å². The highest BCUT2D eigenvalue weighted by Gasteiger charge is 2.26. The molecule has 0 atom stereocenters. The zero-order valence-electron chi connectivity index (χ0n) is 16.1. The fourth-order valence-corrected chi connectivity index (χ4v) is 4.09. The molecule has 0 bridgehead atoms. The van der Waals surface area contributed by atoms with E-state index in [-0.39, 0.29) is 12.4 Å². The summed E-state index contributed by atoms with van der Waals surface area (Å²) in [4.78, 5) is 2.57. The lowest BCUT2D eigenvalue weighted by molar-refractivity contribution is -0.00000579. The molecule has 3 nitrogen and oxygen atoms in total. The van der Waals surface area contributed by atoms with Gasteiger partial charge in [-0.15, -0.1) is 0 Å². The summed E-state index contributed by atoms with van der Waals surface area (Å²) in [6.07, 6.45) is 3.40. The van der Waals surface area contributed by atoms with Gasteiger partial charge < -0.3 is 21.8 Å². The zero-order valence-corrected chi connectivity index (χ0v) is 17.6. The van der Waals surface area contributed by atoms with Crippen molar-refractivity contribution in [2.45, 2.75) is 32.1 Å². The van der Waals surface area contributed by atoms with Crippen LogP contribution in [0.15, 0.2) is 59.1 Å². The van der Waals surface area contributed by atoms with Crippen molar-refractivity contribution in [1.29, 1.82) is 0 Å². The van der Waals surface area contributed by atoms with E-state index in [0.29, 0.717) is 5.92 Å². The predicted molar refractivity (Wildman–Crippen MR) is 110 cm³/mol. The molecule has 4 rings (SSSR count). The Morgan fingerprint density at radius 2 is 1.71 bits per heavy atom. The van der Waals surface area contributed by atoms with Crippen LogP contribution >= 0.6 is 11.6 Å². The second-order valence-corrected chi connectivity index (χ2v) is 7.82. The van der Waals surface area contributed by atoms with E-state index < -0.39 is 0 Å². The van der Waals surface area contributed by atoms with Gasteiger partial charge in [-0.25, -0.2) is 0 Å². The number of rotatable bonds is 5. The molecule has 0 radical (unpaired) electrons. The van der Waals surface area contributed by atoms with E-state index in [9.17, 15) is 0 Å². The molecule has 1 aliphatic rings. The number of halogens is 2. The number of aromatic nitrogens is 1. The highest BCUT2D eigenvalue weighted by molar-refractivity contribution is 6.30. The highest BCUT2D eigenvalue weighted by Crippen LogP contribution is 2.34. The maximum atomic E-state index is 5.99. The first-order chi connectivity index (χ1) is 13.2. The van der Waals surface area contributed by atoms with Gasteiger partial charge in [-0.1, -0.05) is 47.1 Å². The number of hydrogen-bond acceptors (Lipinski definition) is 3. The van der Waals surface area contributed by atoms with Crippen molar-refractivity contribution >= 4 is 11.6 Å². The molecule has 1 saturated heterocycles. The molecule has 0 spiro atoms. The predicted octanol–water partition coefficient (Wildman–Crippen LogP) is 2.73. The van der Waals surface area contributed by atoms with Gasteiger partial charge in [-0.3, -0.25) is 0 Å². The summed E-state index contributed by atoms with van der Waals surface area (Å²) in [5.41, 5.74) is 4.75. The normalized spacial score (nSPS) is 15.4. The molecular weight excluding hydrogens is 391 g/mol. The molecule has 0 N–H and O–H groups in total. The molecule has 2 aromatic carbocycles.